The van der Waals surface area contributed by atoms with Crippen molar-refractivity contribution >= 4 is 60.5 Å². The molecule has 1 fully saturated rings. The number of rotatable bonds is 8. The average Bonchev–Trinajstić information content (AvgIpc) is 2.96. The molecule has 1 saturated heterocycles. The van der Waals surface area contributed by atoms with E-state index in [1.165, 1.54) is 25.1 Å². The van der Waals surface area contributed by atoms with Gasteiger partial charge in [0.1, 0.15) is 16.3 Å². The monoisotopic (exact) mass is 757 g/mol. The predicted octanol–water partition coefficient (Wildman–Crippen LogP) is 11.1. The number of halogens is 6. The number of hydrogen-bond donors (Lipinski definition) is 1. The molecule has 1 aromatic heterocycles. The summed E-state index contributed by atoms with van der Waals surface area (Å²) in [5.41, 5.74) is -2.99. The Balaban J connectivity index is 1.75. The van der Waals surface area contributed by atoms with Crippen molar-refractivity contribution in [3.63, 3.8) is 0 Å². The molecule has 0 unspecified atom stereocenters. The number of amides is 1. The van der Waals surface area contributed by atoms with Gasteiger partial charge in [0.2, 0.25) is 0 Å². The number of carbonyl (C=O) groups excluding carboxylic acids is 2. The molecule has 50 heavy (non-hydrogen) atoms. The van der Waals surface area contributed by atoms with Crippen LogP contribution in [0.5, 0.6) is 0 Å². The summed E-state index contributed by atoms with van der Waals surface area (Å²) in [4.78, 5) is 31.5. The lowest BCUT2D eigenvalue weighted by molar-refractivity contribution is -0.137. The van der Waals surface area contributed by atoms with E-state index in [0.717, 1.165) is 6.07 Å². The number of aromatic nitrogens is 1. The van der Waals surface area contributed by atoms with E-state index in [0.29, 0.717) is 38.7 Å². The summed E-state index contributed by atoms with van der Waals surface area (Å²) in [6, 6.07) is 4.49. The van der Waals surface area contributed by atoms with Crippen LogP contribution in [0.3, 0.4) is 0 Å². The molecule has 0 spiro atoms. The minimum atomic E-state index is -4.79. The minimum Gasteiger partial charge on any atom is -0.444 e. The van der Waals surface area contributed by atoms with Crippen LogP contribution in [-0.2, 0) is 15.3 Å². The van der Waals surface area contributed by atoms with Crippen molar-refractivity contribution in [2.24, 2.45) is 0 Å². The van der Waals surface area contributed by atoms with Crippen molar-refractivity contribution in [2.45, 2.75) is 110 Å². The molecule has 2 heterocycles. The molecule has 7 nitrogen and oxygen atoms in total. The molecule has 274 valence electrons. The SMILES string of the molecule is Cc1cccc(-c2c(Cl)cc3c(N[C@H]4CCN(C(=O)OC(C)(C)C)[C@H](CCO[Si](C)(C)C(C)(C)C)C4)c(C=O)c(Cl)nc3c2F)c1C(F)(F)F. The van der Waals surface area contributed by atoms with E-state index < -0.39 is 48.7 Å². The molecule has 0 radical (unpaired) electrons. The normalized spacial score (nSPS) is 17.6. The summed E-state index contributed by atoms with van der Waals surface area (Å²) >= 11 is 13.0. The molecule has 1 amide bonds. The summed E-state index contributed by atoms with van der Waals surface area (Å²) in [7, 11) is -2.08. The third-order valence-corrected chi connectivity index (χ3v) is 14.6. The number of hydrogen-bond acceptors (Lipinski definition) is 6. The number of aryl methyl sites for hydroxylation is 1. The molecule has 0 saturated carbocycles. The number of likely N-dealkylation sites (tertiary alicyclic amines) is 1. The molecular weight excluding hydrogens is 713 g/mol. The number of nitrogens with one attached hydrogen (secondary N) is 1. The minimum absolute atomic E-state index is 0.00846. The lowest BCUT2D eigenvalue weighted by Crippen LogP contribution is -2.51. The van der Waals surface area contributed by atoms with Gasteiger partial charge >= 0.3 is 12.3 Å². The van der Waals surface area contributed by atoms with Gasteiger partial charge in [-0.3, -0.25) is 4.79 Å². The fourth-order valence-corrected chi connectivity index (χ4v) is 7.54. The number of ether oxygens (including phenoxy) is 1. The zero-order valence-corrected chi connectivity index (χ0v) is 32.4. The summed E-state index contributed by atoms with van der Waals surface area (Å²) in [6.07, 6.45) is -3.37. The zero-order chi connectivity index (χ0) is 37.6. The second kappa shape index (κ2) is 14.6. The van der Waals surface area contributed by atoms with E-state index in [-0.39, 0.29) is 55.0 Å². The Labute approximate surface area is 302 Å². The van der Waals surface area contributed by atoms with Crippen molar-refractivity contribution in [1.29, 1.82) is 0 Å². The molecule has 1 N–H and O–H groups in total. The largest absolute Gasteiger partial charge is 0.444 e. The summed E-state index contributed by atoms with van der Waals surface area (Å²) in [5.74, 6) is -1.11. The van der Waals surface area contributed by atoms with Crippen molar-refractivity contribution in [3.05, 3.63) is 56.9 Å². The maximum absolute atomic E-state index is 16.4. The van der Waals surface area contributed by atoms with Crippen LogP contribution in [0.4, 0.5) is 28.0 Å². The standard InChI is InChI=1S/C36H45Cl2F4N3O4Si/c1-20-11-10-12-23(28(20)36(40,41)42)27-26(37)18-24-30(25(19-46)32(38)44-31(24)29(27)39)43-21-13-15-45(33(47)49-34(2,3)4)22(17-21)14-16-48-50(8,9)35(5,6)7/h10-12,18-19,21-22H,13-17H2,1-9H3,(H,43,44)/t21-,22+/m0/s1. The van der Waals surface area contributed by atoms with Crippen LogP contribution in [0.15, 0.2) is 24.3 Å². The number of pyridine rings is 1. The molecule has 14 heteroatoms. The molecular formula is C36H45Cl2F4N3O4Si. The molecule has 1 aliphatic rings. The average molecular weight is 759 g/mol. The van der Waals surface area contributed by atoms with Crippen LogP contribution in [0.25, 0.3) is 22.0 Å². The predicted molar refractivity (Wildman–Crippen MR) is 193 cm³/mol. The topological polar surface area (TPSA) is 80.8 Å². The van der Waals surface area contributed by atoms with Gasteiger partial charge in [-0.1, -0.05) is 62.2 Å². The lowest BCUT2D eigenvalue weighted by atomic mass is 9.93. The maximum Gasteiger partial charge on any atom is 0.417 e. The van der Waals surface area contributed by atoms with Crippen molar-refractivity contribution in [1.82, 2.24) is 9.88 Å². The van der Waals surface area contributed by atoms with Crippen LogP contribution >= 0.6 is 23.2 Å². The summed E-state index contributed by atoms with van der Waals surface area (Å²) < 4.78 is 71.0. The number of nitrogens with zero attached hydrogens (tertiary/aromatic N) is 2. The van der Waals surface area contributed by atoms with E-state index in [1.807, 2.05) is 0 Å². The van der Waals surface area contributed by atoms with Gasteiger partial charge < -0.3 is 19.4 Å². The van der Waals surface area contributed by atoms with Crippen LogP contribution in [0.1, 0.15) is 82.3 Å². The maximum atomic E-state index is 16.4. The highest BCUT2D eigenvalue weighted by atomic mass is 35.5. The highest BCUT2D eigenvalue weighted by Crippen LogP contribution is 2.46. The first-order valence-corrected chi connectivity index (χ1v) is 20.2. The lowest BCUT2D eigenvalue weighted by Gasteiger charge is -2.42. The zero-order valence-electron chi connectivity index (χ0n) is 29.9. The Morgan fingerprint density at radius 2 is 1.80 bits per heavy atom. The van der Waals surface area contributed by atoms with Gasteiger partial charge in [0, 0.05) is 36.2 Å². The third kappa shape index (κ3) is 8.57. The first kappa shape index (κ1) is 39.8. The number of anilines is 1. The molecule has 3 aromatic rings. The Morgan fingerprint density at radius 3 is 2.38 bits per heavy atom. The summed E-state index contributed by atoms with van der Waals surface area (Å²) in [6.45, 7) is 18.2. The molecule has 0 aliphatic carbocycles. The fourth-order valence-electron chi connectivity index (χ4n) is 5.96. The van der Waals surface area contributed by atoms with E-state index in [1.54, 1.807) is 25.7 Å². The van der Waals surface area contributed by atoms with Crippen molar-refractivity contribution in [3.8, 4) is 11.1 Å². The van der Waals surface area contributed by atoms with Crippen LogP contribution in [0, 0.1) is 12.7 Å². The fraction of sp³-hybridized carbons (Fsp3) is 0.528. The van der Waals surface area contributed by atoms with Crippen LogP contribution in [-0.4, -0.2) is 61.4 Å². The quantitative estimate of drug-likeness (QED) is 0.107. The third-order valence-electron chi connectivity index (χ3n) is 9.52. The Hall–Kier alpha value is -2.93. The van der Waals surface area contributed by atoms with Gasteiger partial charge in [-0.2, -0.15) is 13.2 Å². The number of aldehydes is 1. The van der Waals surface area contributed by atoms with Gasteiger partial charge in [-0.15, -0.1) is 0 Å². The van der Waals surface area contributed by atoms with Gasteiger partial charge in [0.15, 0.2) is 20.4 Å². The van der Waals surface area contributed by atoms with Crippen molar-refractivity contribution in [2.75, 3.05) is 18.5 Å². The molecule has 1 aliphatic heterocycles. The first-order valence-electron chi connectivity index (χ1n) is 16.5. The van der Waals surface area contributed by atoms with E-state index in [9.17, 15) is 22.8 Å². The summed E-state index contributed by atoms with van der Waals surface area (Å²) in [5, 5.41) is 2.79. The van der Waals surface area contributed by atoms with E-state index in [4.69, 9.17) is 32.4 Å². The van der Waals surface area contributed by atoms with Crippen LogP contribution in [0.2, 0.25) is 28.3 Å². The Bertz CT molecular complexity index is 1770. The number of piperidine rings is 1. The smallest absolute Gasteiger partial charge is 0.417 e. The Kier molecular flexibility index (Phi) is 11.6. The van der Waals surface area contributed by atoms with Gasteiger partial charge in [0.25, 0.3) is 0 Å². The molecule has 2 aromatic carbocycles. The first-order chi connectivity index (χ1) is 23.0. The second-order valence-corrected chi connectivity index (χ2v) is 20.9. The van der Waals surface area contributed by atoms with Gasteiger partial charge in [-0.05, 0) is 82.3 Å². The molecule has 4 rings (SSSR count). The molecule has 0 bridgehead atoms. The number of fused-ring (bicyclic) bond motifs is 1. The second-order valence-electron chi connectivity index (χ2n) is 15.3. The van der Waals surface area contributed by atoms with Crippen LogP contribution < -0.4 is 5.32 Å². The van der Waals surface area contributed by atoms with Crippen molar-refractivity contribution < 1.29 is 36.3 Å². The number of carbonyl (C=O) groups is 2. The highest BCUT2D eigenvalue weighted by molar-refractivity contribution is 6.74. The van der Waals surface area contributed by atoms with E-state index >= 15 is 4.39 Å². The van der Waals surface area contributed by atoms with Gasteiger partial charge in [0.05, 0.1) is 21.8 Å². The molecule has 2 atom stereocenters. The number of alkyl halides is 3. The number of benzene rings is 2. The van der Waals surface area contributed by atoms with E-state index in [2.05, 4.69) is 44.2 Å². The highest BCUT2D eigenvalue weighted by Gasteiger charge is 2.40. The van der Waals surface area contributed by atoms with Gasteiger partial charge in [-0.25, -0.2) is 14.2 Å². The Morgan fingerprint density at radius 1 is 1.14 bits per heavy atom.